The molecule has 0 radical (unpaired) electrons. The van der Waals surface area contributed by atoms with Gasteiger partial charge in [0.25, 0.3) is 5.56 Å². The first-order chi connectivity index (χ1) is 8.84. The summed E-state index contributed by atoms with van der Waals surface area (Å²) >= 11 is 0. The van der Waals surface area contributed by atoms with E-state index in [9.17, 15) is 14.4 Å². The van der Waals surface area contributed by atoms with Gasteiger partial charge in [-0.2, -0.15) is 0 Å². The molecule has 9 heteroatoms. The number of aromatic carboxylic acids is 1. The number of nitrogens with zero attached hydrogens (tertiary/aromatic N) is 5. The highest BCUT2D eigenvalue weighted by Gasteiger charge is 2.18. The second-order valence-corrected chi connectivity index (χ2v) is 3.98. The first-order valence-corrected chi connectivity index (χ1v) is 5.27. The van der Waals surface area contributed by atoms with Gasteiger partial charge in [-0.1, -0.05) is 5.21 Å². The molecule has 0 aliphatic rings. The van der Waals surface area contributed by atoms with Crippen LogP contribution in [0.5, 0.6) is 0 Å². The van der Waals surface area contributed by atoms with Gasteiger partial charge in [-0.3, -0.25) is 13.9 Å². The van der Waals surface area contributed by atoms with E-state index in [-0.39, 0.29) is 17.2 Å². The van der Waals surface area contributed by atoms with Gasteiger partial charge in [0.05, 0.1) is 5.69 Å². The van der Waals surface area contributed by atoms with Gasteiger partial charge in [-0.15, -0.1) is 5.10 Å². The smallest absolute Gasteiger partial charge is 0.358 e. The van der Waals surface area contributed by atoms with Gasteiger partial charge in [0.15, 0.2) is 5.69 Å². The lowest BCUT2D eigenvalue weighted by atomic mass is 10.3. The molecule has 2 aromatic heterocycles. The van der Waals surface area contributed by atoms with Crippen LogP contribution >= 0.6 is 0 Å². The van der Waals surface area contributed by atoms with Gasteiger partial charge < -0.3 is 5.11 Å². The van der Waals surface area contributed by atoms with E-state index >= 15 is 0 Å². The summed E-state index contributed by atoms with van der Waals surface area (Å²) in [6.07, 6.45) is 0. The van der Waals surface area contributed by atoms with Gasteiger partial charge in [-0.25, -0.2) is 14.3 Å². The van der Waals surface area contributed by atoms with Crippen LogP contribution in [0.3, 0.4) is 0 Å². The maximum Gasteiger partial charge on any atom is 0.358 e. The van der Waals surface area contributed by atoms with Crippen molar-refractivity contribution in [3.8, 4) is 5.82 Å². The van der Waals surface area contributed by atoms with Crippen LogP contribution in [0.25, 0.3) is 5.82 Å². The minimum absolute atomic E-state index is 0.158. The molecule has 0 unspecified atom stereocenters. The van der Waals surface area contributed by atoms with Gasteiger partial charge in [0.1, 0.15) is 5.82 Å². The van der Waals surface area contributed by atoms with Gasteiger partial charge in [0, 0.05) is 20.2 Å². The molecule has 0 aliphatic heterocycles. The van der Waals surface area contributed by atoms with Crippen LogP contribution in [0.4, 0.5) is 0 Å². The van der Waals surface area contributed by atoms with Crippen LogP contribution < -0.4 is 11.2 Å². The standard InChI is InChI=1S/C10H11N5O4/c1-5-8(9(17)18)11-12-15(5)6-4-7(16)14(3)10(19)13(6)2/h4H,1-3H3,(H,17,18). The molecule has 1 N–H and O–H groups in total. The number of hydrogen-bond donors (Lipinski definition) is 1. The zero-order valence-electron chi connectivity index (χ0n) is 10.5. The minimum atomic E-state index is -1.22. The fourth-order valence-electron chi connectivity index (χ4n) is 1.67. The molecular formula is C10H11N5O4. The largest absolute Gasteiger partial charge is 0.476 e. The molecule has 2 heterocycles. The molecule has 19 heavy (non-hydrogen) atoms. The first kappa shape index (κ1) is 12.7. The zero-order chi connectivity index (χ0) is 14.3. The lowest BCUT2D eigenvalue weighted by Crippen LogP contribution is -2.38. The zero-order valence-corrected chi connectivity index (χ0v) is 10.5. The van der Waals surface area contributed by atoms with Crippen molar-refractivity contribution in [1.82, 2.24) is 24.1 Å². The third-order valence-corrected chi connectivity index (χ3v) is 2.81. The highest BCUT2D eigenvalue weighted by atomic mass is 16.4. The van der Waals surface area contributed by atoms with Crippen molar-refractivity contribution >= 4 is 5.97 Å². The lowest BCUT2D eigenvalue weighted by Gasteiger charge is -2.09. The maximum absolute atomic E-state index is 11.8. The van der Waals surface area contributed by atoms with Crippen molar-refractivity contribution in [2.45, 2.75) is 6.92 Å². The second-order valence-electron chi connectivity index (χ2n) is 3.98. The summed E-state index contributed by atoms with van der Waals surface area (Å²) in [5.74, 6) is -1.07. The molecule has 0 aliphatic carbocycles. The summed E-state index contributed by atoms with van der Waals surface area (Å²) in [5.41, 5.74) is -1.04. The number of rotatable bonds is 2. The summed E-state index contributed by atoms with van der Waals surface area (Å²) in [6, 6.07) is 1.19. The Morgan fingerprint density at radius 3 is 2.42 bits per heavy atom. The summed E-state index contributed by atoms with van der Waals surface area (Å²) < 4.78 is 3.27. The van der Waals surface area contributed by atoms with E-state index in [4.69, 9.17) is 5.11 Å². The van der Waals surface area contributed by atoms with Crippen molar-refractivity contribution in [2.75, 3.05) is 0 Å². The Kier molecular flexibility index (Phi) is 2.81. The molecule has 0 bridgehead atoms. The van der Waals surface area contributed by atoms with Crippen molar-refractivity contribution in [3.63, 3.8) is 0 Å². The second kappa shape index (κ2) is 4.19. The van der Waals surface area contributed by atoms with E-state index in [2.05, 4.69) is 10.3 Å². The van der Waals surface area contributed by atoms with Crippen LogP contribution in [-0.2, 0) is 14.1 Å². The monoisotopic (exact) mass is 265 g/mol. The predicted molar refractivity (Wildman–Crippen MR) is 63.5 cm³/mol. The molecule has 0 fully saturated rings. The summed E-state index contributed by atoms with van der Waals surface area (Å²) in [4.78, 5) is 34.3. The Balaban J connectivity index is 2.77. The van der Waals surface area contributed by atoms with Crippen LogP contribution in [0, 0.1) is 6.92 Å². The van der Waals surface area contributed by atoms with Crippen LogP contribution in [0.2, 0.25) is 0 Å². The highest BCUT2D eigenvalue weighted by molar-refractivity contribution is 5.86. The lowest BCUT2D eigenvalue weighted by molar-refractivity contribution is 0.0689. The maximum atomic E-state index is 11.8. The molecule has 0 aromatic carbocycles. The van der Waals surface area contributed by atoms with E-state index in [1.165, 1.54) is 31.7 Å². The average Bonchev–Trinajstić information content (AvgIpc) is 2.73. The quantitative estimate of drug-likeness (QED) is 0.720. The summed E-state index contributed by atoms with van der Waals surface area (Å²) in [6.45, 7) is 1.49. The average molecular weight is 265 g/mol. The Morgan fingerprint density at radius 1 is 1.26 bits per heavy atom. The molecule has 2 aromatic rings. The summed E-state index contributed by atoms with van der Waals surface area (Å²) in [7, 11) is 2.81. The topological polar surface area (TPSA) is 112 Å². The minimum Gasteiger partial charge on any atom is -0.476 e. The van der Waals surface area contributed by atoms with Crippen molar-refractivity contribution < 1.29 is 9.90 Å². The van der Waals surface area contributed by atoms with Gasteiger partial charge in [-0.05, 0) is 6.92 Å². The third-order valence-electron chi connectivity index (χ3n) is 2.81. The van der Waals surface area contributed by atoms with Crippen LogP contribution in [-0.4, -0.2) is 35.2 Å². The van der Waals surface area contributed by atoms with E-state index in [1.54, 1.807) is 0 Å². The molecule has 0 saturated carbocycles. The van der Waals surface area contributed by atoms with Crippen molar-refractivity contribution in [2.24, 2.45) is 14.1 Å². The first-order valence-electron chi connectivity index (χ1n) is 5.27. The SMILES string of the molecule is Cc1c(C(=O)O)nnn1-c1cc(=O)n(C)c(=O)n1C. The van der Waals surface area contributed by atoms with Crippen LogP contribution in [0.1, 0.15) is 16.2 Å². The fourth-order valence-corrected chi connectivity index (χ4v) is 1.67. The molecule has 0 amide bonds. The molecule has 0 atom stereocenters. The van der Waals surface area contributed by atoms with Gasteiger partial charge in [0.2, 0.25) is 0 Å². The Hall–Kier alpha value is -2.71. The molecule has 9 nitrogen and oxygen atoms in total. The van der Waals surface area contributed by atoms with E-state index in [0.717, 1.165) is 9.25 Å². The van der Waals surface area contributed by atoms with E-state index in [0.29, 0.717) is 0 Å². The predicted octanol–water partition coefficient (Wildman–Crippen LogP) is -1.33. The fraction of sp³-hybridized carbons (Fsp3) is 0.300. The Bertz CT molecular complexity index is 782. The number of aromatic nitrogens is 5. The third kappa shape index (κ3) is 1.84. The van der Waals surface area contributed by atoms with E-state index in [1.807, 2.05) is 0 Å². The van der Waals surface area contributed by atoms with E-state index < -0.39 is 17.2 Å². The Labute approximate surface area is 106 Å². The van der Waals surface area contributed by atoms with Crippen LogP contribution in [0.15, 0.2) is 15.7 Å². The summed E-state index contributed by atoms with van der Waals surface area (Å²) in [5, 5.41) is 16.1. The number of carbonyl (C=O) groups is 1. The molecule has 100 valence electrons. The Morgan fingerprint density at radius 2 is 1.89 bits per heavy atom. The number of carboxylic acids is 1. The van der Waals surface area contributed by atoms with Gasteiger partial charge >= 0.3 is 11.7 Å². The molecule has 0 saturated heterocycles. The highest BCUT2D eigenvalue weighted by Crippen LogP contribution is 2.08. The van der Waals surface area contributed by atoms with Crippen molar-refractivity contribution in [3.05, 3.63) is 38.3 Å². The normalized spacial score (nSPS) is 10.7. The number of carboxylic acid groups (broad SMARTS) is 1. The molecule has 0 spiro atoms. The molecular weight excluding hydrogens is 254 g/mol. The van der Waals surface area contributed by atoms with Crippen molar-refractivity contribution in [1.29, 1.82) is 0 Å². The number of hydrogen-bond acceptors (Lipinski definition) is 5. The molecule has 2 rings (SSSR count).